The summed E-state index contributed by atoms with van der Waals surface area (Å²) in [5.41, 5.74) is 4.81. The largest absolute Gasteiger partial charge is 0.423 e. The Kier molecular flexibility index (Phi) is 3.06. The first-order valence-electron chi connectivity index (χ1n) is 6.80. The minimum Gasteiger partial charge on any atom is -0.423 e. The molecule has 0 spiro atoms. The summed E-state index contributed by atoms with van der Waals surface area (Å²) in [7, 11) is 0. The van der Waals surface area contributed by atoms with E-state index < -0.39 is 0 Å². The van der Waals surface area contributed by atoms with Crippen molar-refractivity contribution >= 4 is 55.4 Å². The highest BCUT2D eigenvalue weighted by molar-refractivity contribution is 7.22. The summed E-state index contributed by atoms with van der Waals surface area (Å²) in [5.74, 6) is 0. The molecule has 1 N–H and O–H groups in total. The number of rotatable bonds is 2. The van der Waals surface area contributed by atoms with Crippen LogP contribution in [0.1, 0.15) is 11.1 Å². The molecule has 0 atom stereocenters. The quantitative estimate of drug-likeness (QED) is 0.531. The SMILES string of the molecule is Cc1ccc2nc(Nc3nc4cc(Cl)ccc4s3)oc2c1C. The molecular formula is C16H12ClN3OS. The van der Waals surface area contributed by atoms with Gasteiger partial charge in [0, 0.05) is 5.02 Å². The fourth-order valence-corrected chi connectivity index (χ4v) is 3.32. The van der Waals surface area contributed by atoms with Gasteiger partial charge in [-0.2, -0.15) is 4.98 Å². The number of aromatic nitrogens is 2. The third-order valence-electron chi connectivity index (χ3n) is 3.64. The van der Waals surface area contributed by atoms with Crippen LogP contribution in [0.2, 0.25) is 5.02 Å². The number of halogens is 1. The van der Waals surface area contributed by atoms with E-state index in [1.54, 1.807) is 0 Å². The van der Waals surface area contributed by atoms with Crippen LogP contribution < -0.4 is 5.32 Å². The second-order valence-corrected chi connectivity index (χ2v) is 6.60. The molecule has 4 aromatic rings. The molecule has 4 nitrogen and oxygen atoms in total. The average molecular weight is 330 g/mol. The number of aryl methyl sites for hydroxylation is 2. The maximum absolute atomic E-state index is 5.99. The van der Waals surface area contributed by atoms with Gasteiger partial charge in [-0.05, 0) is 49.2 Å². The van der Waals surface area contributed by atoms with E-state index in [1.807, 2.05) is 37.3 Å². The molecule has 22 heavy (non-hydrogen) atoms. The van der Waals surface area contributed by atoms with Crippen LogP contribution in [0.5, 0.6) is 0 Å². The lowest BCUT2D eigenvalue weighted by Crippen LogP contribution is -1.88. The number of benzene rings is 2. The highest BCUT2D eigenvalue weighted by Gasteiger charge is 2.11. The van der Waals surface area contributed by atoms with E-state index in [4.69, 9.17) is 16.0 Å². The lowest BCUT2D eigenvalue weighted by molar-refractivity contribution is 0.620. The van der Waals surface area contributed by atoms with Crippen LogP contribution >= 0.6 is 22.9 Å². The highest BCUT2D eigenvalue weighted by Crippen LogP contribution is 2.31. The van der Waals surface area contributed by atoms with Gasteiger partial charge in [-0.1, -0.05) is 29.0 Å². The van der Waals surface area contributed by atoms with Gasteiger partial charge in [0.05, 0.1) is 10.2 Å². The minimum atomic E-state index is 0.453. The molecular weight excluding hydrogens is 318 g/mol. The Hall–Kier alpha value is -2.11. The van der Waals surface area contributed by atoms with Gasteiger partial charge >= 0.3 is 6.01 Å². The number of nitrogens with zero attached hydrogens (tertiary/aromatic N) is 2. The van der Waals surface area contributed by atoms with Crippen LogP contribution in [0.4, 0.5) is 11.1 Å². The summed E-state index contributed by atoms with van der Waals surface area (Å²) >= 11 is 7.52. The number of nitrogens with one attached hydrogen (secondary N) is 1. The van der Waals surface area contributed by atoms with E-state index in [9.17, 15) is 0 Å². The topological polar surface area (TPSA) is 51.0 Å². The van der Waals surface area contributed by atoms with Crippen molar-refractivity contribution in [1.29, 1.82) is 0 Å². The fraction of sp³-hybridized carbons (Fsp3) is 0.125. The highest BCUT2D eigenvalue weighted by atomic mass is 35.5. The summed E-state index contributed by atoms with van der Waals surface area (Å²) < 4.78 is 6.89. The molecule has 2 heterocycles. The zero-order chi connectivity index (χ0) is 15.3. The maximum Gasteiger partial charge on any atom is 0.302 e. The fourth-order valence-electron chi connectivity index (χ4n) is 2.32. The van der Waals surface area contributed by atoms with Crippen molar-refractivity contribution in [2.75, 3.05) is 5.32 Å². The van der Waals surface area contributed by atoms with E-state index in [-0.39, 0.29) is 0 Å². The molecule has 0 fully saturated rings. The molecule has 0 aliphatic heterocycles. The van der Waals surface area contributed by atoms with E-state index in [0.29, 0.717) is 11.0 Å². The molecule has 0 aliphatic carbocycles. The Morgan fingerprint density at radius 2 is 1.95 bits per heavy atom. The zero-order valence-corrected chi connectivity index (χ0v) is 13.5. The van der Waals surface area contributed by atoms with Gasteiger partial charge in [-0.25, -0.2) is 4.98 Å². The normalized spacial score (nSPS) is 11.4. The molecule has 110 valence electrons. The molecule has 0 aliphatic rings. The number of fused-ring (bicyclic) bond motifs is 2. The predicted octanol–water partition coefficient (Wildman–Crippen LogP) is 5.45. The summed E-state index contributed by atoms with van der Waals surface area (Å²) in [4.78, 5) is 8.96. The average Bonchev–Trinajstić information content (AvgIpc) is 3.06. The number of hydrogen-bond acceptors (Lipinski definition) is 5. The smallest absolute Gasteiger partial charge is 0.302 e. The lowest BCUT2D eigenvalue weighted by atomic mass is 10.1. The van der Waals surface area contributed by atoms with Gasteiger partial charge in [0.2, 0.25) is 0 Å². The first-order chi connectivity index (χ1) is 10.6. The van der Waals surface area contributed by atoms with E-state index in [0.717, 1.165) is 32.0 Å². The van der Waals surface area contributed by atoms with Crippen molar-refractivity contribution in [2.24, 2.45) is 0 Å². The zero-order valence-electron chi connectivity index (χ0n) is 12.0. The first-order valence-corrected chi connectivity index (χ1v) is 7.99. The summed E-state index contributed by atoms with van der Waals surface area (Å²) in [6.45, 7) is 4.09. The molecule has 2 aromatic carbocycles. The van der Waals surface area contributed by atoms with Crippen LogP contribution in [0, 0.1) is 13.8 Å². The molecule has 2 aromatic heterocycles. The standard InChI is InChI=1S/C16H12ClN3OS/c1-8-3-5-11-14(9(8)2)21-15(18-11)20-16-19-12-7-10(17)4-6-13(12)22-16/h3-7H,1-2H3,(H,18,19,20). The third-order valence-corrected chi connectivity index (χ3v) is 4.83. The van der Waals surface area contributed by atoms with Crippen molar-refractivity contribution in [1.82, 2.24) is 9.97 Å². The van der Waals surface area contributed by atoms with Crippen LogP contribution in [0.25, 0.3) is 21.3 Å². The van der Waals surface area contributed by atoms with Crippen molar-refractivity contribution < 1.29 is 4.42 Å². The van der Waals surface area contributed by atoms with E-state index in [1.165, 1.54) is 16.9 Å². The lowest BCUT2D eigenvalue weighted by Gasteiger charge is -1.97. The van der Waals surface area contributed by atoms with Crippen LogP contribution in [0.3, 0.4) is 0 Å². The van der Waals surface area contributed by atoms with Crippen LogP contribution in [0.15, 0.2) is 34.7 Å². The molecule has 0 saturated heterocycles. The number of anilines is 2. The molecule has 0 amide bonds. The van der Waals surface area contributed by atoms with E-state index >= 15 is 0 Å². The molecule has 0 radical (unpaired) electrons. The summed E-state index contributed by atoms with van der Waals surface area (Å²) in [5, 5.41) is 4.55. The molecule has 0 bridgehead atoms. The Morgan fingerprint density at radius 1 is 1.09 bits per heavy atom. The van der Waals surface area contributed by atoms with Crippen molar-refractivity contribution in [3.8, 4) is 0 Å². The molecule has 4 rings (SSSR count). The van der Waals surface area contributed by atoms with Gasteiger partial charge in [-0.3, -0.25) is 5.32 Å². The summed E-state index contributed by atoms with van der Waals surface area (Å²) in [6, 6.07) is 10.1. The van der Waals surface area contributed by atoms with Crippen LogP contribution in [-0.2, 0) is 0 Å². The molecule has 0 unspecified atom stereocenters. The number of hydrogen-bond donors (Lipinski definition) is 1. The molecule has 0 saturated carbocycles. The molecule has 6 heteroatoms. The minimum absolute atomic E-state index is 0.453. The van der Waals surface area contributed by atoms with Crippen molar-refractivity contribution in [3.05, 3.63) is 46.5 Å². The Balaban J connectivity index is 1.74. The van der Waals surface area contributed by atoms with Gasteiger partial charge in [0.25, 0.3) is 0 Å². The summed E-state index contributed by atoms with van der Waals surface area (Å²) in [6.07, 6.45) is 0. The van der Waals surface area contributed by atoms with Gasteiger partial charge in [-0.15, -0.1) is 0 Å². The van der Waals surface area contributed by atoms with E-state index in [2.05, 4.69) is 22.2 Å². The second kappa shape index (κ2) is 4.97. The van der Waals surface area contributed by atoms with Crippen molar-refractivity contribution in [2.45, 2.75) is 13.8 Å². The number of thiazole rings is 1. The Bertz CT molecular complexity index is 1010. The Morgan fingerprint density at radius 3 is 2.82 bits per heavy atom. The van der Waals surface area contributed by atoms with Crippen molar-refractivity contribution in [3.63, 3.8) is 0 Å². The maximum atomic E-state index is 5.99. The monoisotopic (exact) mass is 329 g/mol. The van der Waals surface area contributed by atoms with Gasteiger partial charge in [0.1, 0.15) is 5.52 Å². The third kappa shape index (κ3) is 2.23. The van der Waals surface area contributed by atoms with Crippen LogP contribution in [-0.4, -0.2) is 9.97 Å². The predicted molar refractivity (Wildman–Crippen MR) is 91.4 cm³/mol. The second-order valence-electron chi connectivity index (χ2n) is 5.13. The number of oxazole rings is 1. The Labute approximate surface area is 135 Å². The first kappa shape index (κ1) is 13.5. The van der Waals surface area contributed by atoms with Gasteiger partial charge in [0.15, 0.2) is 10.7 Å². The van der Waals surface area contributed by atoms with Gasteiger partial charge < -0.3 is 4.42 Å².